The Morgan fingerprint density at radius 1 is 1.14 bits per heavy atom. The zero-order valence-electron chi connectivity index (χ0n) is 12.0. The van der Waals surface area contributed by atoms with Crippen molar-refractivity contribution in [2.45, 2.75) is 32.5 Å². The number of aliphatic hydroxyl groups is 1. The largest absolute Gasteiger partial charge is 0.491 e. The summed E-state index contributed by atoms with van der Waals surface area (Å²) in [5.41, 5.74) is 1.52. The Kier molecular flexibility index (Phi) is 5.37. The number of benzene rings is 2. The summed E-state index contributed by atoms with van der Waals surface area (Å²) in [6.45, 7) is 3.93. The smallest absolute Gasteiger partial charge is 0.123 e. The molecule has 0 aliphatic carbocycles. The minimum absolute atomic E-state index is 0.115. The number of halogens is 2. The summed E-state index contributed by atoms with van der Waals surface area (Å²) in [5.74, 6) is 0.467. The van der Waals surface area contributed by atoms with Crippen LogP contribution in [0.4, 0.5) is 4.39 Å². The fourth-order valence-electron chi connectivity index (χ4n) is 2.07. The molecule has 21 heavy (non-hydrogen) atoms. The molecule has 0 saturated heterocycles. The van der Waals surface area contributed by atoms with Crippen LogP contribution in [-0.2, 0) is 6.42 Å². The SMILES string of the molecule is CC(C)Oc1ccc(C(O)Cc2cc(F)ccc2Br)cc1. The number of hydrogen-bond donors (Lipinski definition) is 1. The Morgan fingerprint density at radius 3 is 2.43 bits per heavy atom. The summed E-state index contributed by atoms with van der Waals surface area (Å²) in [7, 11) is 0. The molecule has 0 aromatic heterocycles. The lowest BCUT2D eigenvalue weighted by molar-refractivity contribution is 0.178. The molecular formula is C17H18BrFO2. The quantitative estimate of drug-likeness (QED) is 0.848. The van der Waals surface area contributed by atoms with Gasteiger partial charge in [-0.2, -0.15) is 0 Å². The van der Waals surface area contributed by atoms with E-state index in [1.807, 2.05) is 38.1 Å². The second-order valence-electron chi connectivity index (χ2n) is 5.19. The van der Waals surface area contributed by atoms with E-state index >= 15 is 0 Å². The van der Waals surface area contributed by atoms with Gasteiger partial charge in [-0.25, -0.2) is 4.39 Å². The summed E-state index contributed by atoms with van der Waals surface area (Å²) in [5, 5.41) is 10.3. The molecule has 0 bridgehead atoms. The van der Waals surface area contributed by atoms with Crippen LogP contribution in [0, 0.1) is 5.82 Å². The fourth-order valence-corrected chi connectivity index (χ4v) is 2.48. The lowest BCUT2D eigenvalue weighted by Gasteiger charge is -2.14. The van der Waals surface area contributed by atoms with Crippen LogP contribution in [0.2, 0.25) is 0 Å². The molecule has 0 fully saturated rings. The maximum atomic E-state index is 13.3. The Hall–Kier alpha value is -1.39. The third-order valence-electron chi connectivity index (χ3n) is 3.06. The molecular weight excluding hydrogens is 335 g/mol. The van der Waals surface area contributed by atoms with Gasteiger partial charge in [-0.05, 0) is 55.3 Å². The van der Waals surface area contributed by atoms with Gasteiger partial charge in [0.15, 0.2) is 0 Å². The average molecular weight is 353 g/mol. The highest BCUT2D eigenvalue weighted by atomic mass is 79.9. The third-order valence-corrected chi connectivity index (χ3v) is 3.83. The molecule has 2 aromatic carbocycles. The molecule has 2 nitrogen and oxygen atoms in total. The van der Waals surface area contributed by atoms with Crippen LogP contribution < -0.4 is 4.74 Å². The van der Waals surface area contributed by atoms with Crippen molar-refractivity contribution >= 4 is 15.9 Å². The molecule has 0 aliphatic heterocycles. The monoisotopic (exact) mass is 352 g/mol. The van der Waals surface area contributed by atoms with Gasteiger partial charge in [-0.1, -0.05) is 28.1 Å². The molecule has 2 aromatic rings. The third kappa shape index (κ3) is 4.55. The van der Waals surface area contributed by atoms with Crippen molar-refractivity contribution in [1.82, 2.24) is 0 Å². The first kappa shape index (κ1) is 16.0. The van der Waals surface area contributed by atoms with Crippen LogP contribution in [0.3, 0.4) is 0 Å². The number of hydrogen-bond acceptors (Lipinski definition) is 2. The number of ether oxygens (including phenoxy) is 1. The lowest BCUT2D eigenvalue weighted by atomic mass is 10.0. The van der Waals surface area contributed by atoms with E-state index in [4.69, 9.17) is 4.74 Å². The van der Waals surface area contributed by atoms with Gasteiger partial charge in [0.2, 0.25) is 0 Å². The molecule has 1 atom stereocenters. The van der Waals surface area contributed by atoms with Gasteiger partial charge in [0, 0.05) is 10.9 Å². The summed E-state index contributed by atoms with van der Waals surface area (Å²) in [4.78, 5) is 0. The number of aliphatic hydroxyl groups excluding tert-OH is 1. The highest BCUT2D eigenvalue weighted by molar-refractivity contribution is 9.10. The van der Waals surface area contributed by atoms with Crippen molar-refractivity contribution in [3.05, 3.63) is 63.9 Å². The van der Waals surface area contributed by atoms with Gasteiger partial charge in [0.05, 0.1) is 12.2 Å². The average Bonchev–Trinajstić information content (AvgIpc) is 2.43. The van der Waals surface area contributed by atoms with E-state index in [2.05, 4.69) is 15.9 Å². The highest BCUT2D eigenvalue weighted by Crippen LogP contribution is 2.26. The van der Waals surface area contributed by atoms with Gasteiger partial charge in [0.25, 0.3) is 0 Å². The van der Waals surface area contributed by atoms with Crippen LogP contribution in [-0.4, -0.2) is 11.2 Å². The summed E-state index contributed by atoms with van der Waals surface area (Å²) < 4.78 is 19.6. The van der Waals surface area contributed by atoms with Crippen molar-refractivity contribution in [2.24, 2.45) is 0 Å². The van der Waals surface area contributed by atoms with Crippen LogP contribution in [0.5, 0.6) is 5.75 Å². The van der Waals surface area contributed by atoms with Crippen molar-refractivity contribution in [3.8, 4) is 5.75 Å². The molecule has 4 heteroatoms. The van der Waals surface area contributed by atoms with Gasteiger partial charge >= 0.3 is 0 Å². The standard InChI is InChI=1S/C17H18BrFO2/c1-11(2)21-15-6-3-12(4-7-15)17(20)10-13-9-14(19)5-8-16(13)18/h3-9,11,17,20H,10H2,1-2H3. The molecule has 0 saturated carbocycles. The lowest BCUT2D eigenvalue weighted by Crippen LogP contribution is -2.06. The minimum Gasteiger partial charge on any atom is -0.491 e. The first-order chi connectivity index (χ1) is 9.95. The van der Waals surface area contributed by atoms with E-state index in [1.54, 1.807) is 6.07 Å². The van der Waals surface area contributed by atoms with Gasteiger partial charge < -0.3 is 9.84 Å². The summed E-state index contributed by atoms with van der Waals surface area (Å²) in [6.07, 6.45) is -0.219. The molecule has 0 amide bonds. The zero-order valence-corrected chi connectivity index (χ0v) is 13.6. The van der Waals surface area contributed by atoms with Gasteiger partial charge in [0.1, 0.15) is 11.6 Å². The van der Waals surface area contributed by atoms with E-state index in [0.29, 0.717) is 6.42 Å². The maximum Gasteiger partial charge on any atom is 0.123 e. The molecule has 112 valence electrons. The summed E-state index contributed by atoms with van der Waals surface area (Å²) in [6, 6.07) is 11.8. The Bertz CT molecular complexity index is 596. The molecule has 0 spiro atoms. The van der Waals surface area contributed by atoms with E-state index < -0.39 is 6.10 Å². The van der Waals surface area contributed by atoms with Crippen molar-refractivity contribution in [1.29, 1.82) is 0 Å². The zero-order chi connectivity index (χ0) is 15.4. The van der Waals surface area contributed by atoms with E-state index in [1.165, 1.54) is 12.1 Å². The molecule has 0 radical (unpaired) electrons. The molecule has 1 unspecified atom stereocenters. The molecule has 0 heterocycles. The maximum absolute atomic E-state index is 13.3. The fraction of sp³-hybridized carbons (Fsp3) is 0.294. The van der Waals surface area contributed by atoms with Crippen LogP contribution in [0.25, 0.3) is 0 Å². The van der Waals surface area contributed by atoms with Gasteiger partial charge in [-0.3, -0.25) is 0 Å². The van der Waals surface area contributed by atoms with Crippen molar-refractivity contribution in [2.75, 3.05) is 0 Å². The van der Waals surface area contributed by atoms with E-state index in [-0.39, 0.29) is 11.9 Å². The topological polar surface area (TPSA) is 29.5 Å². The number of rotatable bonds is 5. The Labute approximate surface area is 132 Å². The summed E-state index contributed by atoms with van der Waals surface area (Å²) >= 11 is 3.37. The normalized spacial score (nSPS) is 12.5. The van der Waals surface area contributed by atoms with Crippen molar-refractivity contribution < 1.29 is 14.2 Å². The van der Waals surface area contributed by atoms with E-state index in [9.17, 15) is 9.50 Å². The first-order valence-corrected chi connectivity index (χ1v) is 7.63. The highest BCUT2D eigenvalue weighted by Gasteiger charge is 2.12. The van der Waals surface area contributed by atoms with Crippen molar-refractivity contribution in [3.63, 3.8) is 0 Å². The Balaban J connectivity index is 2.09. The molecule has 0 aliphatic rings. The molecule has 1 N–H and O–H groups in total. The van der Waals surface area contributed by atoms with Crippen LogP contribution in [0.1, 0.15) is 31.1 Å². The second kappa shape index (κ2) is 7.05. The first-order valence-electron chi connectivity index (χ1n) is 6.84. The predicted molar refractivity (Wildman–Crippen MR) is 85.0 cm³/mol. The van der Waals surface area contributed by atoms with E-state index in [0.717, 1.165) is 21.3 Å². The minimum atomic E-state index is -0.684. The van der Waals surface area contributed by atoms with Crippen LogP contribution in [0.15, 0.2) is 46.9 Å². The van der Waals surface area contributed by atoms with Crippen LogP contribution >= 0.6 is 15.9 Å². The van der Waals surface area contributed by atoms with Gasteiger partial charge in [-0.15, -0.1) is 0 Å². The predicted octanol–water partition coefficient (Wildman–Crippen LogP) is 4.65. The molecule has 2 rings (SSSR count). The Morgan fingerprint density at radius 2 is 1.81 bits per heavy atom. The second-order valence-corrected chi connectivity index (χ2v) is 6.05.